The largest absolute Gasteiger partial charge is 0.396 e. The number of unbranched alkanes of at least 4 members (excludes halogenated alkanes) is 1. The van der Waals surface area contributed by atoms with Gasteiger partial charge in [-0.25, -0.2) is 0 Å². The highest BCUT2D eigenvalue weighted by Crippen LogP contribution is 2.24. The predicted molar refractivity (Wildman–Crippen MR) is 63.8 cm³/mol. The lowest BCUT2D eigenvalue weighted by Crippen LogP contribution is -2.40. The van der Waals surface area contributed by atoms with E-state index < -0.39 is 0 Å². The summed E-state index contributed by atoms with van der Waals surface area (Å²) in [4.78, 5) is 2.55. The van der Waals surface area contributed by atoms with Crippen molar-refractivity contribution in [3.63, 3.8) is 0 Å². The zero-order valence-corrected chi connectivity index (χ0v) is 10.2. The van der Waals surface area contributed by atoms with Crippen molar-refractivity contribution < 1.29 is 5.11 Å². The molecular weight excluding hydrogens is 194 g/mol. The number of hydrogen-bond donors (Lipinski definition) is 1. The normalized spacial score (nSPS) is 24.4. The first-order valence-corrected chi connectivity index (χ1v) is 6.73. The van der Waals surface area contributed by atoms with Crippen molar-refractivity contribution in [1.29, 1.82) is 0 Å². The molecule has 1 aliphatic heterocycles. The fraction of sp³-hybridized carbons (Fsp3) is 1.00. The molecule has 0 aromatic carbocycles. The SMILES string of the molecule is CC(C)C1CN(CCCCO)CCS1. The van der Waals surface area contributed by atoms with Crippen molar-refractivity contribution in [3.8, 4) is 0 Å². The average molecular weight is 217 g/mol. The van der Waals surface area contributed by atoms with E-state index in [9.17, 15) is 0 Å². The molecule has 1 fully saturated rings. The molecule has 0 amide bonds. The van der Waals surface area contributed by atoms with Gasteiger partial charge in [0.05, 0.1) is 0 Å². The van der Waals surface area contributed by atoms with E-state index in [-0.39, 0.29) is 0 Å². The molecule has 0 aromatic rings. The van der Waals surface area contributed by atoms with E-state index in [1.807, 2.05) is 0 Å². The van der Waals surface area contributed by atoms with Crippen molar-refractivity contribution in [2.45, 2.75) is 31.9 Å². The lowest BCUT2D eigenvalue weighted by atomic mass is 10.1. The summed E-state index contributed by atoms with van der Waals surface area (Å²) in [5.74, 6) is 2.07. The maximum absolute atomic E-state index is 8.71. The van der Waals surface area contributed by atoms with E-state index in [1.54, 1.807) is 0 Å². The van der Waals surface area contributed by atoms with Crippen LogP contribution in [0.5, 0.6) is 0 Å². The van der Waals surface area contributed by atoms with E-state index in [0.29, 0.717) is 6.61 Å². The minimum Gasteiger partial charge on any atom is -0.396 e. The molecule has 1 unspecified atom stereocenters. The molecule has 0 spiro atoms. The number of hydrogen-bond acceptors (Lipinski definition) is 3. The van der Waals surface area contributed by atoms with Gasteiger partial charge in [0.25, 0.3) is 0 Å². The fourth-order valence-electron chi connectivity index (χ4n) is 1.79. The minimum absolute atomic E-state index is 0.343. The molecule has 0 aliphatic carbocycles. The van der Waals surface area contributed by atoms with Crippen molar-refractivity contribution in [2.24, 2.45) is 5.92 Å². The average Bonchev–Trinajstić information content (AvgIpc) is 2.19. The van der Waals surface area contributed by atoms with Crippen molar-refractivity contribution >= 4 is 11.8 Å². The molecule has 1 heterocycles. The molecular formula is C11H23NOS. The molecule has 2 nitrogen and oxygen atoms in total. The molecule has 1 aliphatic rings. The maximum Gasteiger partial charge on any atom is 0.0431 e. The Kier molecular flexibility index (Phi) is 5.90. The summed E-state index contributed by atoms with van der Waals surface area (Å²) in [5, 5.41) is 9.53. The van der Waals surface area contributed by atoms with Gasteiger partial charge in [-0.1, -0.05) is 13.8 Å². The Hall–Kier alpha value is 0.270. The highest BCUT2D eigenvalue weighted by Gasteiger charge is 2.22. The van der Waals surface area contributed by atoms with E-state index in [0.717, 1.165) is 24.0 Å². The van der Waals surface area contributed by atoms with Crippen molar-refractivity contribution in [1.82, 2.24) is 4.90 Å². The maximum atomic E-state index is 8.71. The molecule has 14 heavy (non-hydrogen) atoms. The Balaban J connectivity index is 2.19. The number of aliphatic hydroxyl groups excluding tert-OH is 1. The summed E-state index contributed by atoms with van der Waals surface area (Å²) in [5.41, 5.74) is 0. The second kappa shape index (κ2) is 6.70. The summed E-state index contributed by atoms with van der Waals surface area (Å²) in [6.07, 6.45) is 2.10. The van der Waals surface area contributed by atoms with Crippen molar-refractivity contribution in [2.75, 3.05) is 32.0 Å². The first-order valence-electron chi connectivity index (χ1n) is 5.69. The van der Waals surface area contributed by atoms with Gasteiger partial charge in [0.15, 0.2) is 0 Å². The van der Waals surface area contributed by atoms with Gasteiger partial charge < -0.3 is 10.0 Å². The zero-order chi connectivity index (χ0) is 10.4. The predicted octanol–water partition coefficient (Wildman–Crippen LogP) is 1.83. The highest BCUT2D eigenvalue weighted by atomic mass is 32.2. The molecule has 0 aromatic heterocycles. The van der Waals surface area contributed by atoms with Crippen LogP contribution in [0.1, 0.15) is 26.7 Å². The van der Waals surface area contributed by atoms with Gasteiger partial charge in [-0.15, -0.1) is 0 Å². The van der Waals surface area contributed by atoms with Gasteiger partial charge in [-0.05, 0) is 25.3 Å². The Morgan fingerprint density at radius 2 is 2.21 bits per heavy atom. The summed E-state index contributed by atoms with van der Waals surface area (Å²) >= 11 is 2.12. The van der Waals surface area contributed by atoms with Crippen LogP contribution in [0.25, 0.3) is 0 Å². The number of rotatable bonds is 5. The van der Waals surface area contributed by atoms with Crippen LogP contribution in [-0.2, 0) is 0 Å². The second-order valence-corrected chi connectivity index (χ2v) is 5.73. The molecule has 1 atom stereocenters. The van der Waals surface area contributed by atoms with Gasteiger partial charge in [0.1, 0.15) is 0 Å². The van der Waals surface area contributed by atoms with E-state index in [1.165, 1.54) is 25.4 Å². The molecule has 0 radical (unpaired) electrons. The summed E-state index contributed by atoms with van der Waals surface area (Å²) < 4.78 is 0. The summed E-state index contributed by atoms with van der Waals surface area (Å²) in [6, 6.07) is 0. The Morgan fingerprint density at radius 1 is 1.43 bits per heavy atom. The van der Waals surface area contributed by atoms with Gasteiger partial charge >= 0.3 is 0 Å². The first kappa shape index (κ1) is 12.3. The van der Waals surface area contributed by atoms with Crippen LogP contribution in [-0.4, -0.2) is 47.3 Å². The molecule has 3 heteroatoms. The van der Waals surface area contributed by atoms with Crippen LogP contribution >= 0.6 is 11.8 Å². The van der Waals surface area contributed by atoms with E-state index >= 15 is 0 Å². The molecule has 0 saturated carbocycles. The molecule has 84 valence electrons. The third kappa shape index (κ3) is 4.20. The Labute approximate surface area is 92.1 Å². The lowest BCUT2D eigenvalue weighted by Gasteiger charge is -2.34. The number of thioether (sulfide) groups is 1. The van der Waals surface area contributed by atoms with Crippen LogP contribution in [0.4, 0.5) is 0 Å². The topological polar surface area (TPSA) is 23.5 Å². The molecule has 1 saturated heterocycles. The summed E-state index contributed by atoms with van der Waals surface area (Å²) in [7, 11) is 0. The third-order valence-corrected chi connectivity index (χ3v) is 4.34. The highest BCUT2D eigenvalue weighted by molar-refractivity contribution is 8.00. The first-order chi connectivity index (χ1) is 6.74. The monoisotopic (exact) mass is 217 g/mol. The van der Waals surface area contributed by atoms with Gasteiger partial charge in [-0.2, -0.15) is 11.8 Å². The molecule has 1 rings (SSSR count). The van der Waals surface area contributed by atoms with E-state index in [4.69, 9.17) is 5.11 Å². The van der Waals surface area contributed by atoms with Gasteiger partial charge in [0, 0.05) is 30.7 Å². The number of aliphatic hydroxyl groups is 1. The Morgan fingerprint density at radius 3 is 2.86 bits per heavy atom. The van der Waals surface area contributed by atoms with Gasteiger partial charge in [-0.3, -0.25) is 0 Å². The quantitative estimate of drug-likeness (QED) is 0.711. The Bertz CT molecular complexity index is 152. The lowest BCUT2D eigenvalue weighted by molar-refractivity contribution is 0.239. The number of nitrogens with zero attached hydrogens (tertiary/aromatic N) is 1. The van der Waals surface area contributed by atoms with Crippen LogP contribution in [0.3, 0.4) is 0 Å². The molecule has 0 bridgehead atoms. The van der Waals surface area contributed by atoms with Crippen LogP contribution < -0.4 is 0 Å². The van der Waals surface area contributed by atoms with Crippen LogP contribution in [0.2, 0.25) is 0 Å². The zero-order valence-electron chi connectivity index (χ0n) is 9.41. The van der Waals surface area contributed by atoms with Crippen LogP contribution in [0, 0.1) is 5.92 Å². The standard InChI is InChI=1S/C11H23NOS/c1-10(2)11-9-12(6-8-14-11)5-3-4-7-13/h10-11,13H,3-9H2,1-2H3. The van der Waals surface area contributed by atoms with Gasteiger partial charge in [0.2, 0.25) is 0 Å². The van der Waals surface area contributed by atoms with Crippen LogP contribution in [0.15, 0.2) is 0 Å². The fourth-order valence-corrected chi connectivity index (χ4v) is 3.15. The van der Waals surface area contributed by atoms with Crippen molar-refractivity contribution in [3.05, 3.63) is 0 Å². The summed E-state index contributed by atoms with van der Waals surface area (Å²) in [6.45, 7) is 8.62. The smallest absolute Gasteiger partial charge is 0.0431 e. The minimum atomic E-state index is 0.343. The second-order valence-electron chi connectivity index (χ2n) is 4.38. The molecule has 1 N–H and O–H groups in total. The third-order valence-electron chi connectivity index (χ3n) is 2.80. The van der Waals surface area contributed by atoms with E-state index in [2.05, 4.69) is 30.5 Å².